The Kier molecular flexibility index (Phi) is 5.35. The monoisotopic (exact) mass is 345 g/mol. The SMILES string of the molecule is CC(c1ccco1)N(C)C(=O)Nc1ccc(N2CCSCC2)cc1. The predicted molar refractivity (Wildman–Crippen MR) is 99.9 cm³/mol. The zero-order chi connectivity index (χ0) is 16.9. The Bertz CT molecular complexity index is 651. The Balaban J connectivity index is 1.59. The second-order valence-corrected chi connectivity index (χ2v) is 7.10. The molecule has 1 N–H and O–H groups in total. The average molecular weight is 345 g/mol. The lowest BCUT2D eigenvalue weighted by molar-refractivity contribution is 0.201. The summed E-state index contributed by atoms with van der Waals surface area (Å²) >= 11 is 2.00. The highest BCUT2D eigenvalue weighted by Gasteiger charge is 2.19. The lowest BCUT2D eigenvalue weighted by Crippen LogP contribution is -2.33. The number of hydrogen-bond acceptors (Lipinski definition) is 4. The van der Waals surface area contributed by atoms with Crippen molar-refractivity contribution in [2.24, 2.45) is 0 Å². The molecule has 3 rings (SSSR count). The van der Waals surface area contributed by atoms with E-state index < -0.39 is 0 Å². The highest BCUT2D eigenvalue weighted by Crippen LogP contribution is 2.23. The molecule has 2 heterocycles. The van der Waals surface area contributed by atoms with Gasteiger partial charge in [0.25, 0.3) is 0 Å². The molecule has 1 aliphatic rings. The molecule has 1 fully saturated rings. The van der Waals surface area contributed by atoms with Gasteiger partial charge in [0.2, 0.25) is 0 Å². The molecule has 5 nitrogen and oxygen atoms in total. The molecule has 1 aliphatic heterocycles. The van der Waals surface area contributed by atoms with Gasteiger partial charge >= 0.3 is 6.03 Å². The predicted octanol–water partition coefficient (Wildman–Crippen LogP) is 4.06. The Morgan fingerprint density at radius 3 is 2.58 bits per heavy atom. The van der Waals surface area contributed by atoms with E-state index in [1.165, 1.54) is 17.2 Å². The summed E-state index contributed by atoms with van der Waals surface area (Å²) in [5.41, 5.74) is 2.01. The van der Waals surface area contributed by atoms with Gasteiger partial charge in [0.1, 0.15) is 5.76 Å². The first-order valence-electron chi connectivity index (χ1n) is 8.15. The largest absolute Gasteiger partial charge is 0.467 e. The maximum Gasteiger partial charge on any atom is 0.322 e. The van der Waals surface area contributed by atoms with Crippen LogP contribution in [0.1, 0.15) is 18.7 Å². The number of urea groups is 1. The number of anilines is 2. The van der Waals surface area contributed by atoms with Crippen molar-refractivity contribution in [3.8, 4) is 0 Å². The van der Waals surface area contributed by atoms with Crippen molar-refractivity contribution in [3.05, 3.63) is 48.4 Å². The zero-order valence-corrected chi connectivity index (χ0v) is 14.9. The standard InChI is InChI=1S/C18H23N3O2S/c1-14(17-4-3-11-23-17)20(2)18(22)19-15-5-7-16(8-6-15)21-9-12-24-13-10-21/h3-8,11,14H,9-10,12-13H2,1-2H3,(H,19,22). The van der Waals surface area contributed by atoms with E-state index in [9.17, 15) is 4.79 Å². The van der Waals surface area contributed by atoms with Crippen LogP contribution in [0.25, 0.3) is 0 Å². The van der Waals surface area contributed by atoms with E-state index in [0.717, 1.165) is 24.5 Å². The highest BCUT2D eigenvalue weighted by atomic mass is 32.2. The van der Waals surface area contributed by atoms with Crippen molar-refractivity contribution >= 4 is 29.2 Å². The minimum atomic E-state index is -0.152. The van der Waals surface area contributed by atoms with Crippen LogP contribution in [-0.4, -0.2) is 42.6 Å². The van der Waals surface area contributed by atoms with E-state index in [-0.39, 0.29) is 12.1 Å². The summed E-state index contributed by atoms with van der Waals surface area (Å²) in [6, 6.07) is 11.5. The van der Waals surface area contributed by atoms with Gasteiger partial charge in [0.05, 0.1) is 12.3 Å². The molecular weight excluding hydrogens is 322 g/mol. The molecule has 6 heteroatoms. The molecular formula is C18H23N3O2S. The summed E-state index contributed by atoms with van der Waals surface area (Å²) in [4.78, 5) is 16.4. The molecule has 0 spiro atoms. The van der Waals surface area contributed by atoms with E-state index >= 15 is 0 Å². The molecule has 1 aromatic carbocycles. The Morgan fingerprint density at radius 1 is 1.25 bits per heavy atom. The Morgan fingerprint density at radius 2 is 1.96 bits per heavy atom. The molecule has 24 heavy (non-hydrogen) atoms. The Labute approximate surface area is 147 Å². The van der Waals surface area contributed by atoms with Gasteiger partial charge in [0.15, 0.2) is 0 Å². The van der Waals surface area contributed by atoms with Crippen molar-refractivity contribution in [3.63, 3.8) is 0 Å². The number of carbonyl (C=O) groups excluding carboxylic acids is 1. The first kappa shape index (κ1) is 16.8. The summed E-state index contributed by atoms with van der Waals surface area (Å²) < 4.78 is 5.37. The lowest BCUT2D eigenvalue weighted by Gasteiger charge is -2.28. The molecule has 1 saturated heterocycles. The van der Waals surface area contributed by atoms with Gasteiger partial charge in [-0.1, -0.05) is 0 Å². The third kappa shape index (κ3) is 3.87. The van der Waals surface area contributed by atoms with Crippen molar-refractivity contribution in [1.82, 2.24) is 4.90 Å². The summed E-state index contributed by atoms with van der Waals surface area (Å²) in [6.07, 6.45) is 1.62. The minimum Gasteiger partial charge on any atom is -0.467 e. The van der Waals surface area contributed by atoms with Crippen LogP contribution in [0.3, 0.4) is 0 Å². The molecule has 2 aromatic rings. The van der Waals surface area contributed by atoms with Crippen molar-refractivity contribution in [2.75, 3.05) is 41.9 Å². The number of furan rings is 1. The first-order valence-corrected chi connectivity index (χ1v) is 9.30. The van der Waals surface area contributed by atoms with E-state index in [0.29, 0.717) is 0 Å². The number of hydrogen-bond donors (Lipinski definition) is 1. The maximum absolute atomic E-state index is 12.4. The zero-order valence-electron chi connectivity index (χ0n) is 14.1. The number of benzene rings is 1. The van der Waals surface area contributed by atoms with Gasteiger partial charge in [-0.3, -0.25) is 0 Å². The van der Waals surface area contributed by atoms with Crippen molar-refractivity contribution in [2.45, 2.75) is 13.0 Å². The van der Waals surface area contributed by atoms with Crippen molar-refractivity contribution < 1.29 is 9.21 Å². The highest BCUT2D eigenvalue weighted by molar-refractivity contribution is 7.99. The average Bonchev–Trinajstić information content (AvgIpc) is 3.16. The fraction of sp³-hybridized carbons (Fsp3) is 0.389. The van der Waals surface area contributed by atoms with Crippen LogP contribution < -0.4 is 10.2 Å². The van der Waals surface area contributed by atoms with Gasteiger partial charge in [-0.2, -0.15) is 11.8 Å². The molecule has 1 aromatic heterocycles. The molecule has 128 valence electrons. The molecule has 0 bridgehead atoms. The molecule has 1 unspecified atom stereocenters. The molecule has 0 radical (unpaired) electrons. The van der Waals surface area contributed by atoms with Gasteiger partial charge < -0.3 is 19.5 Å². The van der Waals surface area contributed by atoms with Crippen LogP contribution in [0.2, 0.25) is 0 Å². The summed E-state index contributed by atoms with van der Waals surface area (Å²) in [7, 11) is 1.77. The summed E-state index contributed by atoms with van der Waals surface area (Å²) in [5.74, 6) is 3.12. The van der Waals surface area contributed by atoms with Gasteiger partial charge in [0, 0.05) is 43.0 Å². The van der Waals surface area contributed by atoms with Crippen LogP contribution in [0.15, 0.2) is 47.1 Å². The second kappa shape index (κ2) is 7.66. The normalized spacial score (nSPS) is 15.8. The van der Waals surface area contributed by atoms with Crippen LogP contribution in [-0.2, 0) is 0 Å². The molecule has 1 atom stereocenters. The smallest absolute Gasteiger partial charge is 0.322 e. The molecule has 0 saturated carbocycles. The quantitative estimate of drug-likeness (QED) is 0.908. The summed E-state index contributed by atoms with van der Waals surface area (Å²) in [6.45, 7) is 4.11. The lowest BCUT2D eigenvalue weighted by atomic mass is 10.2. The fourth-order valence-corrected chi connectivity index (χ4v) is 3.59. The third-order valence-electron chi connectivity index (χ3n) is 4.35. The number of thioether (sulfide) groups is 1. The topological polar surface area (TPSA) is 48.7 Å². The molecule has 2 amide bonds. The molecule has 0 aliphatic carbocycles. The Hall–Kier alpha value is -2.08. The maximum atomic E-state index is 12.4. The number of nitrogens with zero attached hydrogens (tertiary/aromatic N) is 2. The van der Waals surface area contributed by atoms with Gasteiger partial charge in [-0.15, -0.1) is 0 Å². The first-order chi connectivity index (χ1) is 11.6. The van der Waals surface area contributed by atoms with Gasteiger partial charge in [-0.25, -0.2) is 4.79 Å². The van der Waals surface area contributed by atoms with Crippen LogP contribution in [0, 0.1) is 0 Å². The minimum absolute atomic E-state index is 0.120. The second-order valence-electron chi connectivity index (χ2n) is 5.88. The summed E-state index contributed by atoms with van der Waals surface area (Å²) in [5, 5.41) is 2.94. The number of amides is 2. The van der Waals surface area contributed by atoms with Gasteiger partial charge in [-0.05, 0) is 43.3 Å². The van der Waals surface area contributed by atoms with E-state index in [1.807, 2.05) is 43.0 Å². The van der Waals surface area contributed by atoms with Crippen molar-refractivity contribution in [1.29, 1.82) is 0 Å². The van der Waals surface area contributed by atoms with E-state index in [2.05, 4.69) is 22.3 Å². The van der Waals surface area contributed by atoms with E-state index in [4.69, 9.17) is 4.42 Å². The van der Waals surface area contributed by atoms with Crippen LogP contribution >= 0.6 is 11.8 Å². The third-order valence-corrected chi connectivity index (χ3v) is 5.29. The number of nitrogens with one attached hydrogen (secondary N) is 1. The number of carbonyl (C=O) groups is 1. The fourth-order valence-electron chi connectivity index (χ4n) is 2.68. The van der Waals surface area contributed by atoms with Crippen LogP contribution in [0.5, 0.6) is 0 Å². The number of rotatable bonds is 4. The van der Waals surface area contributed by atoms with Crippen LogP contribution in [0.4, 0.5) is 16.2 Å². The van der Waals surface area contributed by atoms with E-state index in [1.54, 1.807) is 18.2 Å².